The maximum atomic E-state index is 2.38. The average molecular weight is 883 g/mol. The van der Waals surface area contributed by atoms with Crippen molar-refractivity contribution in [3.8, 4) is 11.1 Å². The van der Waals surface area contributed by atoms with Gasteiger partial charge in [-0.2, -0.15) is 0 Å². The lowest BCUT2D eigenvalue weighted by atomic mass is 10.0. The van der Waals surface area contributed by atoms with Gasteiger partial charge >= 0.3 is 0 Å². The second kappa shape index (κ2) is 17.2. The lowest BCUT2D eigenvalue weighted by molar-refractivity contribution is 1.16. The molecule has 2 heterocycles. The van der Waals surface area contributed by atoms with Crippen molar-refractivity contribution in [2.24, 2.45) is 0 Å². The summed E-state index contributed by atoms with van der Waals surface area (Å²) in [5.74, 6) is 0. The van der Waals surface area contributed by atoms with Crippen molar-refractivity contribution < 1.29 is 0 Å². The van der Waals surface area contributed by atoms with Crippen LogP contribution in [0.25, 0.3) is 11.1 Å². The standard InChI is InChI=1S/C60H42N4S2/c1-5-17-45(18-6-1)61(51-37-39-55-59(41-51)65-57-27-15-13-25-53(57)63(55)47-21-9-3-10-22-47)49-33-29-43(30-34-49)44-31-35-50(36-32-44)62(46-19-7-2-8-20-46)52-38-40-56-60(42-52)66-58-28-16-14-26-54(58)64(56)48-23-11-4-12-24-48/h1-42H. The fourth-order valence-electron chi connectivity index (χ4n) is 9.13. The third-order valence-electron chi connectivity index (χ3n) is 12.2. The molecule has 0 unspecified atom stereocenters. The maximum absolute atomic E-state index is 2.38. The third kappa shape index (κ3) is 7.36. The average Bonchev–Trinajstić information content (AvgIpc) is 3.39. The Morgan fingerprint density at radius 3 is 0.939 bits per heavy atom. The molecule has 6 heteroatoms. The van der Waals surface area contributed by atoms with E-state index in [4.69, 9.17) is 0 Å². The zero-order valence-corrected chi connectivity index (χ0v) is 37.5. The van der Waals surface area contributed by atoms with Crippen molar-refractivity contribution >= 4 is 91.8 Å². The van der Waals surface area contributed by atoms with Gasteiger partial charge in [0, 0.05) is 65.1 Å². The molecular formula is C60H42N4S2. The molecule has 0 saturated carbocycles. The molecule has 12 rings (SSSR count). The van der Waals surface area contributed by atoms with Crippen LogP contribution in [0.4, 0.5) is 68.2 Å². The molecule has 0 radical (unpaired) electrons. The van der Waals surface area contributed by atoms with E-state index < -0.39 is 0 Å². The van der Waals surface area contributed by atoms with Crippen LogP contribution in [0.15, 0.2) is 274 Å². The third-order valence-corrected chi connectivity index (χ3v) is 14.4. The van der Waals surface area contributed by atoms with Crippen LogP contribution in [0.5, 0.6) is 0 Å². The Kier molecular flexibility index (Phi) is 10.4. The summed E-state index contributed by atoms with van der Waals surface area (Å²) < 4.78 is 0. The molecule has 0 bridgehead atoms. The fraction of sp³-hybridized carbons (Fsp3) is 0. The van der Waals surface area contributed by atoms with Crippen LogP contribution in [-0.2, 0) is 0 Å². The molecular weight excluding hydrogens is 841 g/mol. The largest absolute Gasteiger partial charge is 0.310 e. The summed E-state index contributed by atoms with van der Waals surface area (Å²) in [7, 11) is 0. The van der Waals surface area contributed by atoms with E-state index in [1.165, 1.54) is 42.3 Å². The number of fused-ring (bicyclic) bond motifs is 4. The fourth-order valence-corrected chi connectivity index (χ4v) is 11.3. The quantitative estimate of drug-likeness (QED) is 0.142. The van der Waals surface area contributed by atoms with Gasteiger partial charge in [0.1, 0.15) is 0 Å². The van der Waals surface area contributed by atoms with Crippen molar-refractivity contribution in [1.29, 1.82) is 0 Å². The normalized spacial score (nSPS) is 12.4. The van der Waals surface area contributed by atoms with E-state index in [-0.39, 0.29) is 0 Å². The molecule has 4 nitrogen and oxygen atoms in total. The highest BCUT2D eigenvalue weighted by Crippen LogP contribution is 2.54. The molecule has 2 aliphatic heterocycles. The zero-order valence-electron chi connectivity index (χ0n) is 35.9. The Balaban J connectivity index is 0.865. The van der Waals surface area contributed by atoms with Crippen LogP contribution in [0.1, 0.15) is 0 Å². The smallest absolute Gasteiger partial charge is 0.0603 e. The molecule has 66 heavy (non-hydrogen) atoms. The van der Waals surface area contributed by atoms with Crippen LogP contribution in [-0.4, -0.2) is 0 Å². The number of nitrogens with zero attached hydrogens (tertiary/aromatic N) is 4. The van der Waals surface area contributed by atoms with Gasteiger partial charge in [0.25, 0.3) is 0 Å². The summed E-state index contributed by atoms with van der Waals surface area (Å²) in [6.07, 6.45) is 0. The van der Waals surface area contributed by atoms with Crippen LogP contribution >= 0.6 is 23.5 Å². The molecule has 314 valence electrons. The van der Waals surface area contributed by atoms with E-state index >= 15 is 0 Å². The summed E-state index contributed by atoms with van der Waals surface area (Å²) in [4.78, 5) is 14.4. The van der Waals surface area contributed by atoms with Gasteiger partial charge in [0.2, 0.25) is 0 Å². The number of rotatable bonds is 9. The summed E-state index contributed by atoms with van der Waals surface area (Å²) in [6, 6.07) is 91.7. The van der Waals surface area contributed by atoms with Gasteiger partial charge in [-0.1, -0.05) is 145 Å². The molecule has 0 amide bonds. The molecule has 10 aromatic rings. The molecule has 0 N–H and O–H groups in total. The first-order valence-corrected chi connectivity index (χ1v) is 23.8. The first-order chi connectivity index (χ1) is 32.7. The Morgan fingerprint density at radius 2 is 0.545 bits per heavy atom. The molecule has 0 atom stereocenters. The first kappa shape index (κ1) is 39.7. The van der Waals surface area contributed by atoms with Crippen LogP contribution in [0.2, 0.25) is 0 Å². The maximum Gasteiger partial charge on any atom is 0.0603 e. The van der Waals surface area contributed by atoms with Gasteiger partial charge in [0.05, 0.1) is 22.7 Å². The van der Waals surface area contributed by atoms with E-state index in [0.29, 0.717) is 0 Å². The van der Waals surface area contributed by atoms with Crippen LogP contribution < -0.4 is 19.6 Å². The van der Waals surface area contributed by atoms with E-state index in [0.717, 1.165) is 56.6 Å². The van der Waals surface area contributed by atoms with Crippen molar-refractivity contribution in [1.82, 2.24) is 0 Å². The number of benzene rings is 10. The van der Waals surface area contributed by atoms with Crippen molar-refractivity contribution in [2.75, 3.05) is 19.6 Å². The number of anilines is 12. The summed E-state index contributed by atoms with van der Waals surface area (Å²) in [5, 5.41) is 0. The predicted molar refractivity (Wildman–Crippen MR) is 279 cm³/mol. The lowest BCUT2D eigenvalue weighted by Gasteiger charge is -2.34. The Hall–Kier alpha value is -7.90. The number of hydrogen-bond acceptors (Lipinski definition) is 6. The molecule has 0 spiro atoms. The van der Waals surface area contributed by atoms with Gasteiger partial charge in [-0.05, 0) is 145 Å². The SMILES string of the molecule is c1ccc(N(c2ccc(-c3ccc(N(c4ccccc4)c4ccc5c(c4)Sc4ccccc4N5c4ccccc4)cc3)cc2)c2ccc3c(c2)Sc2ccccc2N3c2ccccc2)cc1. The lowest BCUT2D eigenvalue weighted by Crippen LogP contribution is -2.16. The Morgan fingerprint density at radius 1 is 0.242 bits per heavy atom. The molecule has 0 fully saturated rings. The van der Waals surface area contributed by atoms with E-state index in [9.17, 15) is 0 Å². The molecule has 2 aliphatic rings. The predicted octanol–water partition coefficient (Wildman–Crippen LogP) is 18.2. The van der Waals surface area contributed by atoms with Crippen molar-refractivity contribution in [2.45, 2.75) is 19.6 Å². The van der Waals surface area contributed by atoms with Gasteiger partial charge in [-0.25, -0.2) is 0 Å². The van der Waals surface area contributed by atoms with Crippen molar-refractivity contribution in [3.05, 3.63) is 255 Å². The molecule has 0 aliphatic carbocycles. The first-order valence-electron chi connectivity index (χ1n) is 22.2. The number of para-hydroxylation sites is 6. The van der Waals surface area contributed by atoms with Crippen LogP contribution in [0.3, 0.4) is 0 Å². The molecule has 0 saturated heterocycles. The minimum atomic E-state index is 1.09. The van der Waals surface area contributed by atoms with Crippen LogP contribution in [0, 0.1) is 0 Å². The van der Waals surface area contributed by atoms with Gasteiger partial charge in [-0.15, -0.1) is 0 Å². The van der Waals surface area contributed by atoms with Gasteiger partial charge in [0.15, 0.2) is 0 Å². The van der Waals surface area contributed by atoms with Crippen molar-refractivity contribution in [3.63, 3.8) is 0 Å². The Bertz CT molecular complexity index is 3090. The summed E-state index contributed by atoms with van der Waals surface area (Å²) in [6.45, 7) is 0. The number of hydrogen-bond donors (Lipinski definition) is 0. The van der Waals surface area contributed by atoms with E-state index in [1.807, 2.05) is 23.5 Å². The summed E-state index contributed by atoms with van der Waals surface area (Å²) >= 11 is 3.66. The van der Waals surface area contributed by atoms with Gasteiger partial charge in [-0.3, -0.25) is 0 Å². The minimum Gasteiger partial charge on any atom is -0.310 e. The second-order valence-electron chi connectivity index (χ2n) is 16.2. The zero-order chi connectivity index (χ0) is 43.8. The highest BCUT2D eigenvalue weighted by Gasteiger charge is 2.28. The topological polar surface area (TPSA) is 13.0 Å². The van der Waals surface area contributed by atoms with E-state index in [1.54, 1.807) is 0 Å². The van der Waals surface area contributed by atoms with Gasteiger partial charge < -0.3 is 19.6 Å². The highest BCUT2D eigenvalue weighted by atomic mass is 32.2. The minimum absolute atomic E-state index is 1.09. The second-order valence-corrected chi connectivity index (χ2v) is 18.4. The van der Waals surface area contributed by atoms with E-state index in [2.05, 4.69) is 274 Å². The molecule has 0 aromatic heterocycles. The monoisotopic (exact) mass is 882 g/mol. The Labute approximate surface area is 394 Å². The molecule has 10 aromatic carbocycles. The highest BCUT2D eigenvalue weighted by molar-refractivity contribution is 8.00. The summed E-state index contributed by atoms with van der Waals surface area (Å²) in [5.41, 5.74) is 16.0.